The van der Waals surface area contributed by atoms with Gasteiger partial charge in [0.15, 0.2) is 11.9 Å². The van der Waals surface area contributed by atoms with Crippen molar-refractivity contribution in [3.63, 3.8) is 0 Å². The Morgan fingerprint density at radius 2 is 2.00 bits per heavy atom. The second-order valence-corrected chi connectivity index (χ2v) is 10.2. The molecule has 0 aromatic carbocycles. The van der Waals surface area contributed by atoms with Crippen molar-refractivity contribution in [1.82, 2.24) is 0 Å². The lowest BCUT2D eigenvalue weighted by Crippen LogP contribution is -2.74. The van der Waals surface area contributed by atoms with Gasteiger partial charge in [0.05, 0.1) is 53.6 Å². The maximum absolute atomic E-state index is 12.5. The summed E-state index contributed by atoms with van der Waals surface area (Å²) >= 11 is 1.88. The molecular formula is C19H31IO11. The van der Waals surface area contributed by atoms with E-state index in [1.807, 2.05) is 22.6 Å². The van der Waals surface area contributed by atoms with Gasteiger partial charge in [0.1, 0.15) is 12.2 Å². The number of carbonyl (C=O) groups is 1. The van der Waals surface area contributed by atoms with Gasteiger partial charge in [0, 0.05) is 25.9 Å². The fraction of sp³-hybridized carbons (Fsp3) is 0.947. The lowest BCUT2D eigenvalue weighted by atomic mass is 9.62. The highest BCUT2D eigenvalue weighted by atomic mass is 127. The van der Waals surface area contributed by atoms with Crippen LogP contribution in [0, 0.1) is 11.3 Å². The van der Waals surface area contributed by atoms with E-state index in [2.05, 4.69) is 0 Å². The van der Waals surface area contributed by atoms with Gasteiger partial charge in [-0.2, -0.15) is 0 Å². The highest BCUT2D eigenvalue weighted by Crippen LogP contribution is 2.54. The molecule has 0 radical (unpaired) electrons. The Hall–Kier alpha value is -0.160. The van der Waals surface area contributed by atoms with Crippen LogP contribution in [0.2, 0.25) is 0 Å². The Morgan fingerprint density at radius 1 is 1.32 bits per heavy atom. The van der Waals surface area contributed by atoms with Crippen LogP contribution in [0.4, 0.5) is 0 Å². The zero-order valence-electron chi connectivity index (χ0n) is 17.3. The van der Waals surface area contributed by atoms with Crippen molar-refractivity contribution in [3.05, 3.63) is 0 Å². The Kier molecular flexibility index (Phi) is 7.89. The maximum atomic E-state index is 12.5. The number of alkyl halides is 1. The van der Waals surface area contributed by atoms with Crippen LogP contribution in [0.15, 0.2) is 0 Å². The average Bonchev–Trinajstić information content (AvgIpc) is 2.73. The molecule has 0 aromatic rings. The molecule has 180 valence electrons. The second kappa shape index (κ2) is 9.60. The number of aliphatic carboxylic acids is 1. The van der Waals surface area contributed by atoms with E-state index in [4.69, 9.17) is 18.9 Å². The van der Waals surface area contributed by atoms with Crippen LogP contribution in [0.25, 0.3) is 0 Å². The zero-order valence-corrected chi connectivity index (χ0v) is 19.5. The molecule has 3 heterocycles. The molecule has 0 aliphatic carbocycles. The van der Waals surface area contributed by atoms with Crippen molar-refractivity contribution >= 4 is 28.6 Å². The summed E-state index contributed by atoms with van der Waals surface area (Å²) in [6.45, 7) is 0.647. The van der Waals surface area contributed by atoms with Crippen molar-refractivity contribution < 1.29 is 54.4 Å². The molecule has 3 aliphatic rings. The Bertz CT molecular complexity index is 638. The molecule has 3 aliphatic heterocycles. The quantitative estimate of drug-likeness (QED) is 0.146. The number of fused-ring (bicyclic) bond motifs is 1. The van der Waals surface area contributed by atoms with Gasteiger partial charge < -0.3 is 49.6 Å². The van der Waals surface area contributed by atoms with E-state index < -0.39 is 83.0 Å². The van der Waals surface area contributed by atoms with Gasteiger partial charge in [0.2, 0.25) is 0 Å². The summed E-state index contributed by atoms with van der Waals surface area (Å²) < 4.78 is 21.8. The molecule has 12 heteroatoms. The number of ether oxygens (including phenoxy) is 4. The summed E-state index contributed by atoms with van der Waals surface area (Å²) in [5.74, 6) is -1.82. The minimum Gasteiger partial charge on any atom is -0.479 e. The number of carboxylic acids is 1. The van der Waals surface area contributed by atoms with E-state index in [9.17, 15) is 35.4 Å². The van der Waals surface area contributed by atoms with Crippen LogP contribution in [0.5, 0.6) is 0 Å². The predicted molar refractivity (Wildman–Crippen MR) is 111 cm³/mol. The summed E-state index contributed by atoms with van der Waals surface area (Å²) in [7, 11) is 1.38. The van der Waals surface area contributed by atoms with E-state index in [-0.39, 0.29) is 19.4 Å². The second-order valence-electron chi connectivity index (χ2n) is 8.75. The molecule has 3 rings (SSSR count). The van der Waals surface area contributed by atoms with Gasteiger partial charge in [-0.3, -0.25) is 0 Å². The van der Waals surface area contributed by atoms with Crippen LogP contribution in [0.1, 0.15) is 19.8 Å². The lowest BCUT2D eigenvalue weighted by Gasteiger charge is -2.61. The summed E-state index contributed by atoms with van der Waals surface area (Å²) in [6.07, 6.45) is -7.53. The standard InChI is InChI=1S/C19H31IO11/c1-8-9(23)3-19(17(26)27,31-13(8)12(20)10(24)4-21)6-18-7-29-15(18)16(28-2)30-11(5-22)14(18)25/h8-16,21-25H,3-7H2,1-2H3,(H,26,27)/t8-,9?,10?,11?,12?,13?,14?,15?,16-,18-,19+/m1/s1. The summed E-state index contributed by atoms with van der Waals surface area (Å²) in [5.41, 5.74) is -3.04. The molecule has 3 fully saturated rings. The number of halogens is 1. The number of aliphatic hydroxyl groups excluding tert-OH is 5. The molecule has 7 unspecified atom stereocenters. The zero-order chi connectivity index (χ0) is 23.1. The minimum absolute atomic E-state index is 0.000186. The van der Waals surface area contributed by atoms with Crippen molar-refractivity contribution in [2.75, 3.05) is 26.9 Å². The van der Waals surface area contributed by atoms with E-state index in [1.54, 1.807) is 6.92 Å². The van der Waals surface area contributed by atoms with Crippen molar-refractivity contribution in [2.45, 2.75) is 72.2 Å². The highest BCUT2D eigenvalue weighted by Gasteiger charge is 2.67. The molecule has 6 N–H and O–H groups in total. The van der Waals surface area contributed by atoms with Gasteiger partial charge in [-0.1, -0.05) is 29.5 Å². The third-order valence-corrected chi connectivity index (χ3v) is 8.45. The molecule has 11 atom stereocenters. The largest absolute Gasteiger partial charge is 0.479 e. The number of aliphatic hydroxyl groups is 5. The van der Waals surface area contributed by atoms with Crippen molar-refractivity contribution in [2.24, 2.45) is 11.3 Å². The third-order valence-electron chi connectivity index (χ3n) is 6.91. The number of rotatable bonds is 8. The first-order valence-electron chi connectivity index (χ1n) is 10.2. The van der Waals surface area contributed by atoms with Gasteiger partial charge in [-0.15, -0.1) is 0 Å². The first-order chi connectivity index (χ1) is 14.6. The molecule has 11 nitrogen and oxygen atoms in total. The van der Waals surface area contributed by atoms with Crippen LogP contribution in [-0.2, 0) is 23.7 Å². The van der Waals surface area contributed by atoms with E-state index in [0.717, 1.165) is 0 Å². The van der Waals surface area contributed by atoms with Crippen LogP contribution >= 0.6 is 22.6 Å². The minimum atomic E-state index is -1.90. The number of hydrogen-bond donors (Lipinski definition) is 6. The molecule has 0 bridgehead atoms. The summed E-state index contributed by atoms with van der Waals surface area (Å²) in [5, 5.41) is 61.0. The summed E-state index contributed by atoms with van der Waals surface area (Å²) in [4.78, 5) is 12.5. The first kappa shape index (κ1) is 25.5. The van der Waals surface area contributed by atoms with Crippen molar-refractivity contribution in [1.29, 1.82) is 0 Å². The highest BCUT2D eigenvalue weighted by molar-refractivity contribution is 14.1. The molecule has 0 amide bonds. The predicted octanol–water partition coefficient (Wildman–Crippen LogP) is -1.75. The normalized spacial score (nSPS) is 47.2. The van der Waals surface area contributed by atoms with Gasteiger partial charge in [-0.05, 0) is 0 Å². The van der Waals surface area contributed by atoms with E-state index >= 15 is 0 Å². The van der Waals surface area contributed by atoms with Crippen LogP contribution in [-0.4, -0.2) is 116 Å². The van der Waals surface area contributed by atoms with Crippen LogP contribution in [0.3, 0.4) is 0 Å². The Labute approximate surface area is 193 Å². The molecule has 31 heavy (non-hydrogen) atoms. The number of carboxylic acid groups (broad SMARTS) is 1. The molecule has 0 aromatic heterocycles. The number of hydrogen-bond acceptors (Lipinski definition) is 10. The topological polar surface area (TPSA) is 175 Å². The van der Waals surface area contributed by atoms with Gasteiger partial charge in [0.25, 0.3) is 0 Å². The van der Waals surface area contributed by atoms with Gasteiger partial charge >= 0.3 is 5.97 Å². The summed E-state index contributed by atoms with van der Waals surface area (Å²) in [6, 6.07) is 0. The monoisotopic (exact) mass is 562 g/mol. The SMILES string of the molecule is CO[C@@H]1OC(CO)C(O)[C@@]2(C[C@]3(C(=O)O)CC(O)[C@@H](C)C(C(I)C(O)CO)O3)COC12. The third kappa shape index (κ3) is 4.24. The fourth-order valence-corrected chi connectivity index (χ4v) is 5.98. The molecule has 0 spiro atoms. The maximum Gasteiger partial charge on any atom is 0.336 e. The fourth-order valence-electron chi connectivity index (χ4n) is 4.96. The van der Waals surface area contributed by atoms with E-state index in [0.29, 0.717) is 0 Å². The smallest absolute Gasteiger partial charge is 0.336 e. The molecule has 0 saturated carbocycles. The number of methoxy groups -OCH3 is 1. The lowest BCUT2D eigenvalue weighted by molar-refractivity contribution is -0.388. The average molecular weight is 562 g/mol. The molecule has 3 saturated heterocycles. The Morgan fingerprint density at radius 3 is 2.48 bits per heavy atom. The Balaban J connectivity index is 1.96. The van der Waals surface area contributed by atoms with E-state index in [1.165, 1.54) is 7.11 Å². The first-order valence-corrected chi connectivity index (χ1v) is 11.4. The van der Waals surface area contributed by atoms with Gasteiger partial charge in [-0.25, -0.2) is 4.79 Å². The molecular weight excluding hydrogens is 531 g/mol. The van der Waals surface area contributed by atoms with Crippen molar-refractivity contribution in [3.8, 4) is 0 Å². The van der Waals surface area contributed by atoms with Crippen LogP contribution < -0.4 is 0 Å².